The first kappa shape index (κ1) is 11.6. The average Bonchev–Trinajstić information content (AvgIpc) is 2.60. The number of nitrogen functional groups attached to an aromatic ring is 1. The van der Waals surface area contributed by atoms with Crippen molar-refractivity contribution in [2.24, 2.45) is 0 Å². The molecule has 1 aromatic carbocycles. The Morgan fingerprint density at radius 1 is 1.44 bits per heavy atom. The number of aryl methyl sites for hydroxylation is 1. The molecule has 16 heavy (non-hydrogen) atoms. The number of benzene rings is 1. The van der Waals surface area contributed by atoms with E-state index < -0.39 is 0 Å². The van der Waals surface area contributed by atoms with E-state index in [0.717, 1.165) is 11.8 Å². The van der Waals surface area contributed by atoms with Crippen LogP contribution in [0.4, 0.5) is 10.1 Å². The third-order valence-electron chi connectivity index (χ3n) is 1.76. The summed E-state index contributed by atoms with van der Waals surface area (Å²) in [5.74, 6) is 0.153. The summed E-state index contributed by atoms with van der Waals surface area (Å²) in [5, 5.41) is 7.83. The summed E-state index contributed by atoms with van der Waals surface area (Å²) in [5.41, 5.74) is 6.26. The number of nitrogens with two attached hydrogens (primary N) is 1. The van der Waals surface area contributed by atoms with Crippen LogP contribution in [0.5, 0.6) is 0 Å². The van der Waals surface area contributed by atoms with Crippen molar-refractivity contribution in [3.8, 4) is 0 Å². The van der Waals surface area contributed by atoms with Crippen LogP contribution in [0.15, 0.2) is 26.7 Å². The Morgan fingerprint density at radius 2 is 2.19 bits per heavy atom. The van der Waals surface area contributed by atoms with Crippen LogP contribution < -0.4 is 5.73 Å². The molecule has 0 aliphatic carbocycles. The van der Waals surface area contributed by atoms with Crippen LogP contribution in [0.1, 0.15) is 5.89 Å². The Morgan fingerprint density at radius 3 is 2.81 bits per heavy atom. The molecule has 0 unspecified atom stereocenters. The van der Waals surface area contributed by atoms with Gasteiger partial charge >= 0.3 is 0 Å². The highest BCUT2D eigenvalue weighted by atomic mass is 127. The Balaban J connectivity index is 2.31. The zero-order chi connectivity index (χ0) is 11.7. The first-order chi connectivity index (χ1) is 7.56. The first-order valence-corrected chi connectivity index (χ1v) is 6.18. The average molecular weight is 351 g/mol. The van der Waals surface area contributed by atoms with Crippen molar-refractivity contribution in [1.82, 2.24) is 10.2 Å². The molecule has 0 aliphatic rings. The Kier molecular flexibility index (Phi) is 3.33. The van der Waals surface area contributed by atoms with Crippen LogP contribution in [-0.4, -0.2) is 10.2 Å². The van der Waals surface area contributed by atoms with E-state index in [0.29, 0.717) is 25.3 Å². The largest absolute Gasteiger partial charge is 0.416 e. The van der Waals surface area contributed by atoms with Crippen LogP contribution in [0.25, 0.3) is 0 Å². The smallest absolute Gasteiger partial charge is 0.281 e. The van der Waals surface area contributed by atoms with Gasteiger partial charge in [0.2, 0.25) is 5.89 Å². The fourth-order valence-electron chi connectivity index (χ4n) is 1.05. The summed E-state index contributed by atoms with van der Waals surface area (Å²) in [6, 6.07) is 2.93. The molecule has 0 saturated heterocycles. The minimum atomic E-state index is -0.312. The maximum atomic E-state index is 13.3. The lowest BCUT2D eigenvalue weighted by atomic mass is 10.3. The molecule has 84 valence electrons. The summed E-state index contributed by atoms with van der Waals surface area (Å²) >= 11 is 3.04. The molecule has 2 N–H and O–H groups in total. The van der Waals surface area contributed by atoms with Gasteiger partial charge in [-0.15, -0.1) is 10.2 Å². The van der Waals surface area contributed by atoms with E-state index in [-0.39, 0.29) is 5.82 Å². The molecule has 4 nitrogen and oxygen atoms in total. The monoisotopic (exact) mass is 351 g/mol. The molecular formula is C9H7FIN3OS. The molecule has 0 radical (unpaired) electrons. The van der Waals surface area contributed by atoms with E-state index in [4.69, 9.17) is 10.2 Å². The fraction of sp³-hybridized carbons (Fsp3) is 0.111. The lowest BCUT2D eigenvalue weighted by Crippen LogP contribution is -1.92. The minimum Gasteiger partial charge on any atom is -0.416 e. The second kappa shape index (κ2) is 4.58. The van der Waals surface area contributed by atoms with Gasteiger partial charge in [0.1, 0.15) is 5.82 Å². The standard InChI is InChI=1S/C9H7FIN3OS/c1-4-13-14-9(15-4)16-8-2-5(10)6(11)3-7(8)12/h2-3H,12H2,1H3. The van der Waals surface area contributed by atoms with Gasteiger partial charge < -0.3 is 10.2 Å². The number of anilines is 1. The van der Waals surface area contributed by atoms with Crippen molar-refractivity contribution in [1.29, 1.82) is 0 Å². The predicted molar refractivity (Wildman–Crippen MR) is 66.7 cm³/mol. The summed E-state index contributed by atoms with van der Waals surface area (Å²) in [6.45, 7) is 1.69. The number of halogens is 2. The molecule has 0 saturated carbocycles. The molecule has 7 heteroatoms. The predicted octanol–water partition coefficient (Wildman–Crippen LogP) is 2.86. The Labute approximate surface area is 109 Å². The molecule has 2 aromatic rings. The molecule has 1 heterocycles. The van der Waals surface area contributed by atoms with Crippen LogP contribution in [0.3, 0.4) is 0 Å². The van der Waals surface area contributed by atoms with Gasteiger partial charge in [-0.3, -0.25) is 0 Å². The maximum absolute atomic E-state index is 13.3. The third-order valence-corrected chi connectivity index (χ3v) is 3.50. The number of hydrogen-bond acceptors (Lipinski definition) is 5. The zero-order valence-electron chi connectivity index (χ0n) is 8.20. The molecule has 0 bridgehead atoms. The second-order valence-corrected chi connectivity index (χ2v) is 5.15. The van der Waals surface area contributed by atoms with Crippen molar-refractivity contribution >= 4 is 40.0 Å². The van der Waals surface area contributed by atoms with E-state index in [1.807, 2.05) is 22.6 Å². The molecule has 0 atom stereocenters. The topological polar surface area (TPSA) is 64.9 Å². The molecule has 0 spiro atoms. The normalized spacial score (nSPS) is 10.7. The molecule has 0 aliphatic heterocycles. The lowest BCUT2D eigenvalue weighted by molar-refractivity contribution is 0.429. The van der Waals surface area contributed by atoms with E-state index in [9.17, 15) is 4.39 Å². The van der Waals surface area contributed by atoms with Crippen LogP contribution in [-0.2, 0) is 0 Å². The number of aromatic nitrogens is 2. The quantitative estimate of drug-likeness (QED) is 0.666. The van der Waals surface area contributed by atoms with Crippen LogP contribution >= 0.6 is 34.4 Å². The highest BCUT2D eigenvalue weighted by molar-refractivity contribution is 14.1. The Bertz CT molecular complexity index is 531. The highest BCUT2D eigenvalue weighted by Gasteiger charge is 2.11. The van der Waals surface area contributed by atoms with Gasteiger partial charge in [0, 0.05) is 17.5 Å². The molecular weight excluding hydrogens is 344 g/mol. The van der Waals surface area contributed by atoms with Gasteiger partial charge in [-0.2, -0.15) is 0 Å². The van der Waals surface area contributed by atoms with Crippen LogP contribution in [0.2, 0.25) is 0 Å². The van der Waals surface area contributed by atoms with Crippen molar-refractivity contribution in [3.63, 3.8) is 0 Å². The van der Waals surface area contributed by atoms with Gasteiger partial charge in [-0.25, -0.2) is 4.39 Å². The Hall–Kier alpha value is -0.830. The number of nitrogens with zero attached hydrogens (tertiary/aromatic N) is 2. The minimum absolute atomic E-state index is 0.312. The summed E-state index contributed by atoms with van der Waals surface area (Å²) < 4.78 is 19.0. The fourth-order valence-corrected chi connectivity index (χ4v) is 2.31. The summed E-state index contributed by atoms with van der Waals surface area (Å²) in [6.07, 6.45) is 0. The zero-order valence-corrected chi connectivity index (χ0v) is 11.2. The molecule has 0 fully saturated rings. The second-order valence-electron chi connectivity index (χ2n) is 2.99. The molecule has 0 amide bonds. The number of rotatable bonds is 2. The van der Waals surface area contributed by atoms with Crippen molar-refractivity contribution in [3.05, 3.63) is 27.4 Å². The van der Waals surface area contributed by atoms with Gasteiger partial charge in [-0.05, 0) is 46.5 Å². The van der Waals surface area contributed by atoms with Crippen molar-refractivity contribution in [2.75, 3.05) is 5.73 Å². The van der Waals surface area contributed by atoms with Crippen molar-refractivity contribution < 1.29 is 8.81 Å². The van der Waals surface area contributed by atoms with Gasteiger partial charge in [0.15, 0.2) is 0 Å². The van der Waals surface area contributed by atoms with E-state index in [1.54, 1.807) is 13.0 Å². The van der Waals surface area contributed by atoms with Gasteiger partial charge in [0.25, 0.3) is 5.22 Å². The lowest BCUT2D eigenvalue weighted by Gasteiger charge is -2.03. The van der Waals surface area contributed by atoms with Gasteiger partial charge in [-0.1, -0.05) is 0 Å². The van der Waals surface area contributed by atoms with E-state index >= 15 is 0 Å². The SMILES string of the molecule is Cc1nnc(Sc2cc(F)c(I)cc2N)o1. The van der Waals surface area contributed by atoms with E-state index in [1.165, 1.54) is 6.07 Å². The summed E-state index contributed by atoms with van der Waals surface area (Å²) in [4.78, 5) is 0.571. The van der Waals surface area contributed by atoms with Crippen LogP contribution in [0, 0.1) is 16.3 Å². The summed E-state index contributed by atoms with van der Waals surface area (Å²) in [7, 11) is 0. The highest BCUT2D eigenvalue weighted by Crippen LogP contribution is 2.33. The number of hydrogen-bond donors (Lipinski definition) is 1. The van der Waals surface area contributed by atoms with Crippen molar-refractivity contribution in [2.45, 2.75) is 17.0 Å². The van der Waals surface area contributed by atoms with E-state index in [2.05, 4.69) is 10.2 Å². The van der Waals surface area contributed by atoms with Gasteiger partial charge in [0.05, 0.1) is 3.57 Å². The molecule has 2 rings (SSSR count). The first-order valence-electron chi connectivity index (χ1n) is 4.29. The third kappa shape index (κ3) is 2.46. The maximum Gasteiger partial charge on any atom is 0.281 e. The molecule has 1 aromatic heterocycles.